The Morgan fingerprint density at radius 1 is 1.31 bits per heavy atom. The van der Waals surface area contributed by atoms with Crippen LogP contribution in [-0.2, 0) is 27.3 Å². The first-order valence-electron chi connectivity index (χ1n) is 12.4. The number of anilines is 1. The summed E-state index contributed by atoms with van der Waals surface area (Å²) in [7, 11) is 1.76. The summed E-state index contributed by atoms with van der Waals surface area (Å²) in [4.78, 5) is 34.0. The number of carbonyl (C=O) groups is 2. The number of carbonyl (C=O) groups excluding carboxylic acids is 2. The van der Waals surface area contributed by atoms with Gasteiger partial charge in [-0.2, -0.15) is 0 Å². The van der Waals surface area contributed by atoms with Crippen LogP contribution in [0.1, 0.15) is 28.9 Å². The van der Waals surface area contributed by atoms with Crippen molar-refractivity contribution in [3.63, 3.8) is 0 Å². The molecule has 0 saturated carbocycles. The number of aryl methyl sites for hydroxylation is 2. The van der Waals surface area contributed by atoms with Gasteiger partial charge in [0.2, 0.25) is 11.8 Å². The molecule has 3 aromatic rings. The van der Waals surface area contributed by atoms with Crippen molar-refractivity contribution in [2.24, 2.45) is 5.41 Å². The minimum Gasteiger partial charge on any atom is -0.459 e. The molecule has 3 aliphatic rings. The highest BCUT2D eigenvalue weighted by molar-refractivity contribution is 5.96. The van der Waals surface area contributed by atoms with Crippen LogP contribution in [-0.4, -0.2) is 66.0 Å². The Labute approximate surface area is 209 Å². The van der Waals surface area contributed by atoms with Crippen LogP contribution in [0.4, 0.5) is 5.82 Å². The molecular weight excluding hydrogens is 456 g/mol. The standard InChI is InChI=1S/C28H30N4O4/c1-18-21-5-3-4-6-23(21)36-24(18)13-31(2)25(33)10-7-19-11-20-8-9-22(27(34)30-26(20)29-12-19)32-14-28(15-32)16-35-17-28/h3-7,10-12,22H,8-9,13-17H2,1-2H3,(H,29,30,34). The van der Waals surface area contributed by atoms with Gasteiger partial charge in [-0.05, 0) is 49.1 Å². The zero-order valence-electron chi connectivity index (χ0n) is 20.6. The number of pyridine rings is 1. The second kappa shape index (κ2) is 8.87. The molecule has 5 heterocycles. The van der Waals surface area contributed by atoms with Crippen molar-refractivity contribution in [1.29, 1.82) is 0 Å². The van der Waals surface area contributed by atoms with E-state index < -0.39 is 0 Å². The van der Waals surface area contributed by atoms with Crippen LogP contribution in [0, 0.1) is 12.3 Å². The Bertz CT molecular complexity index is 1370. The molecule has 36 heavy (non-hydrogen) atoms. The molecule has 1 aromatic carbocycles. The van der Waals surface area contributed by atoms with E-state index in [1.807, 2.05) is 37.3 Å². The van der Waals surface area contributed by atoms with Gasteiger partial charge in [0.1, 0.15) is 17.2 Å². The van der Waals surface area contributed by atoms with Crippen LogP contribution < -0.4 is 5.32 Å². The highest BCUT2D eigenvalue weighted by atomic mass is 16.5. The molecule has 6 rings (SSSR count). The van der Waals surface area contributed by atoms with Gasteiger partial charge in [-0.15, -0.1) is 0 Å². The number of hydrogen-bond donors (Lipinski definition) is 1. The van der Waals surface area contributed by atoms with E-state index in [9.17, 15) is 9.59 Å². The molecule has 0 radical (unpaired) electrons. The van der Waals surface area contributed by atoms with Gasteiger partial charge in [0, 0.05) is 48.8 Å². The minimum atomic E-state index is -0.138. The van der Waals surface area contributed by atoms with Gasteiger partial charge in [0.15, 0.2) is 0 Å². The average molecular weight is 487 g/mol. The number of hydrogen-bond acceptors (Lipinski definition) is 6. The van der Waals surface area contributed by atoms with Crippen molar-refractivity contribution >= 4 is 34.7 Å². The molecule has 2 aromatic heterocycles. The van der Waals surface area contributed by atoms with E-state index in [0.717, 1.165) is 72.6 Å². The first-order chi connectivity index (χ1) is 17.4. The van der Waals surface area contributed by atoms with Gasteiger partial charge in [0.25, 0.3) is 0 Å². The average Bonchev–Trinajstić information content (AvgIpc) is 3.03. The lowest BCUT2D eigenvalue weighted by molar-refractivity contribution is -0.198. The Morgan fingerprint density at radius 2 is 2.11 bits per heavy atom. The van der Waals surface area contributed by atoms with Crippen molar-refractivity contribution in [2.45, 2.75) is 32.4 Å². The normalized spacial score (nSPS) is 21.1. The number of ether oxygens (including phenoxy) is 1. The number of likely N-dealkylation sites (tertiary alicyclic amines) is 1. The molecule has 0 bridgehead atoms. The summed E-state index contributed by atoms with van der Waals surface area (Å²) in [5, 5.41) is 4.08. The lowest BCUT2D eigenvalue weighted by Gasteiger charge is -2.56. The molecule has 0 aliphatic carbocycles. The quantitative estimate of drug-likeness (QED) is 0.557. The Kier molecular flexibility index (Phi) is 5.65. The zero-order valence-corrected chi connectivity index (χ0v) is 20.6. The Balaban J connectivity index is 1.09. The van der Waals surface area contributed by atoms with E-state index in [1.165, 1.54) is 0 Å². The second-order valence-electron chi connectivity index (χ2n) is 10.4. The topological polar surface area (TPSA) is 87.9 Å². The fourth-order valence-corrected chi connectivity index (χ4v) is 5.47. The number of amides is 2. The van der Waals surface area contributed by atoms with Gasteiger partial charge < -0.3 is 19.4 Å². The summed E-state index contributed by atoms with van der Waals surface area (Å²) in [6, 6.07) is 9.76. The van der Waals surface area contributed by atoms with E-state index in [2.05, 4.69) is 15.2 Å². The van der Waals surface area contributed by atoms with Crippen LogP contribution >= 0.6 is 0 Å². The smallest absolute Gasteiger partial charge is 0.246 e. The van der Waals surface area contributed by atoms with E-state index in [1.54, 1.807) is 30.3 Å². The van der Waals surface area contributed by atoms with Gasteiger partial charge in [-0.1, -0.05) is 18.2 Å². The summed E-state index contributed by atoms with van der Waals surface area (Å²) in [6.45, 7) is 5.87. The number of fused-ring (bicyclic) bond motifs is 2. The third-order valence-corrected chi connectivity index (χ3v) is 7.67. The van der Waals surface area contributed by atoms with Gasteiger partial charge in [-0.25, -0.2) is 4.98 Å². The zero-order chi connectivity index (χ0) is 24.9. The number of nitrogens with one attached hydrogen (secondary N) is 1. The number of rotatable bonds is 5. The maximum Gasteiger partial charge on any atom is 0.246 e. The van der Waals surface area contributed by atoms with Crippen molar-refractivity contribution in [3.8, 4) is 0 Å². The SMILES string of the molecule is Cc1c(CN(C)C(=O)C=Cc2cnc3c(c2)CCC(N2CC4(COC4)C2)C(=O)N3)oc2ccccc12. The van der Waals surface area contributed by atoms with Crippen LogP contribution in [0.3, 0.4) is 0 Å². The van der Waals surface area contributed by atoms with E-state index in [-0.39, 0.29) is 23.3 Å². The summed E-state index contributed by atoms with van der Waals surface area (Å²) < 4.78 is 11.3. The molecule has 3 aliphatic heterocycles. The van der Waals surface area contributed by atoms with Crippen molar-refractivity contribution < 1.29 is 18.7 Å². The Morgan fingerprint density at radius 3 is 2.86 bits per heavy atom. The third kappa shape index (κ3) is 4.10. The summed E-state index contributed by atoms with van der Waals surface area (Å²) >= 11 is 0. The number of furan rings is 1. The highest BCUT2D eigenvalue weighted by Crippen LogP contribution is 2.40. The highest BCUT2D eigenvalue weighted by Gasteiger charge is 2.52. The fourth-order valence-electron chi connectivity index (χ4n) is 5.47. The number of nitrogens with zero attached hydrogens (tertiary/aromatic N) is 3. The number of benzene rings is 1. The molecule has 1 atom stereocenters. The van der Waals surface area contributed by atoms with Gasteiger partial charge >= 0.3 is 0 Å². The first-order valence-corrected chi connectivity index (χ1v) is 12.4. The predicted molar refractivity (Wildman–Crippen MR) is 136 cm³/mol. The Hall–Kier alpha value is -3.49. The van der Waals surface area contributed by atoms with E-state index >= 15 is 0 Å². The van der Waals surface area contributed by atoms with Gasteiger partial charge in [-0.3, -0.25) is 14.5 Å². The minimum absolute atomic E-state index is 0.0114. The van der Waals surface area contributed by atoms with Gasteiger partial charge in [0.05, 0.1) is 25.8 Å². The lowest BCUT2D eigenvalue weighted by Crippen LogP contribution is -2.69. The number of para-hydroxylation sites is 1. The molecule has 2 saturated heterocycles. The first kappa shape index (κ1) is 22.9. The second-order valence-corrected chi connectivity index (χ2v) is 10.4. The maximum atomic E-state index is 12.8. The molecule has 186 valence electrons. The number of likely N-dealkylation sites (N-methyl/N-ethyl adjacent to an activating group) is 1. The fraction of sp³-hybridized carbons (Fsp3) is 0.393. The molecule has 1 spiro atoms. The van der Waals surface area contributed by atoms with Crippen molar-refractivity contribution in [1.82, 2.24) is 14.8 Å². The van der Waals surface area contributed by atoms with E-state index in [4.69, 9.17) is 9.15 Å². The van der Waals surface area contributed by atoms with Crippen LogP contribution in [0.5, 0.6) is 0 Å². The molecule has 1 unspecified atom stereocenters. The van der Waals surface area contributed by atoms with Crippen LogP contribution in [0.2, 0.25) is 0 Å². The number of aromatic nitrogens is 1. The van der Waals surface area contributed by atoms with E-state index in [0.29, 0.717) is 12.4 Å². The predicted octanol–water partition coefficient (Wildman–Crippen LogP) is 3.39. The molecule has 8 nitrogen and oxygen atoms in total. The largest absolute Gasteiger partial charge is 0.459 e. The van der Waals surface area contributed by atoms with Crippen molar-refractivity contribution in [3.05, 3.63) is 65.1 Å². The molecule has 2 fully saturated rings. The lowest BCUT2D eigenvalue weighted by atomic mass is 9.76. The van der Waals surface area contributed by atoms with Crippen molar-refractivity contribution in [2.75, 3.05) is 38.7 Å². The molecular formula is C28H30N4O4. The third-order valence-electron chi connectivity index (χ3n) is 7.67. The van der Waals surface area contributed by atoms with Crippen LogP contribution in [0.25, 0.3) is 17.0 Å². The summed E-state index contributed by atoms with van der Waals surface area (Å²) in [5.74, 6) is 1.29. The molecule has 2 amide bonds. The maximum absolute atomic E-state index is 12.8. The molecule has 8 heteroatoms. The summed E-state index contributed by atoms with van der Waals surface area (Å²) in [6.07, 6.45) is 6.53. The monoisotopic (exact) mass is 486 g/mol. The molecule has 1 N–H and O–H groups in total. The van der Waals surface area contributed by atoms with Crippen LogP contribution in [0.15, 0.2) is 47.0 Å². The summed E-state index contributed by atoms with van der Waals surface area (Å²) in [5.41, 5.74) is 3.99.